The molecule has 0 aliphatic heterocycles. The van der Waals surface area contributed by atoms with E-state index in [-0.39, 0.29) is 11.1 Å². The van der Waals surface area contributed by atoms with E-state index in [4.69, 9.17) is 5.11 Å². The number of carboxylic acids is 2. The van der Waals surface area contributed by atoms with E-state index in [9.17, 15) is 14.7 Å². The molecule has 0 saturated carbocycles. The van der Waals surface area contributed by atoms with Gasteiger partial charge in [-0.2, -0.15) is 0 Å². The molecular weight excluding hydrogens is 268 g/mol. The Kier molecular flexibility index (Phi) is 3.80. The standard InChI is InChI=1S/C17H16O4/c1-17(2,12-9-7-11(8-10-12)15(18)19)14-6-4-3-5-13(14)16(20)21/h3-10H,1-2H3,(H,18,19)(H,20,21). The van der Waals surface area contributed by atoms with E-state index in [1.807, 2.05) is 13.8 Å². The number of hydrogen-bond donors (Lipinski definition) is 2. The number of carbonyl (C=O) groups is 2. The van der Waals surface area contributed by atoms with Crippen molar-refractivity contribution in [1.82, 2.24) is 0 Å². The molecule has 0 amide bonds. The molecule has 2 N–H and O–H groups in total. The van der Waals surface area contributed by atoms with Gasteiger partial charge in [0.05, 0.1) is 11.1 Å². The van der Waals surface area contributed by atoms with Gasteiger partial charge in [-0.05, 0) is 29.3 Å². The van der Waals surface area contributed by atoms with Gasteiger partial charge in [0.25, 0.3) is 0 Å². The minimum Gasteiger partial charge on any atom is -0.478 e. The van der Waals surface area contributed by atoms with Crippen LogP contribution in [0.4, 0.5) is 0 Å². The highest BCUT2D eigenvalue weighted by molar-refractivity contribution is 5.90. The van der Waals surface area contributed by atoms with Crippen molar-refractivity contribution in [3.05, 3.63) is 70.8 Å². The van der Waals surface area contributed by atoms with Crippen molar-refractivity contribution < 1.29 is 19.8 Å². The van der Waals surface area contributed by atoms with Gasteiger partial charge in [-0.15, -0.1) is 0 Å². The van der Waals surface area contributed by atoms with Crippen molar-refractivity contribution in [3.63, 3.8) is 0 Å². The maximum Gasteiger partial charge on any atom is 0.335 e. The van der Waals surface area contributed by atoms with Crippen molar-refractivity contribution >= 4 is 11.9 Å². The first-order valence-electron chi connectivity index (χ1n) is 6.50. The maximum atomic E-state index is 11.4. The van der Waals surface area contributed by atoms with Crippen LogP contribution in [0.15, 0.2) is 48.5 Å². The average Bonchev–Trinajstić information content (AvgIpc) is 2.47. The molecule has 2 aromatic rings. The molecule has 0 saturated heterocycles. The van der Waals surface area contributed by atoms with Gasteiger partial charge in [-0.1, -0.05) is 44.2 Å². The summed E-state index contributed by atoms with van der Waals surface area (Å²) in [5.41, 5.74) is 1.49. The van der Waals surface area contributed by atoms with Crippen molar-refractivity contribution in [2.24, 2.45) is 0 Å². The van der Waals surface area contributed by atoms with E-state index in [2.05, 4.69) is 0 Å². The number of rotatable bonds is 4. The summed E-state index contributed by atoms with van der Waals surface area (Å²) in [6, 6.07) is 13.4. The molecule has 0 atom stereocenters. The van der Waals surface area contributed by atoms with Gasteiger partial charge < -0.3 is 10.2 Å². The highest BCUT2D eigenvalue weighted by Gasteiger charge is 2.27. The molecule has 2 aromatic carbocycles. The highest BCUT2D eigenvalue weighted by Crippen LogP contribution is 2.33. The lowest BCUT2D eigenvalue weighted by molar-refractivity contribution is 0.0685. The zero-order valence-corrected chi connectivity index (χ0v) is 11.8. The van der Waals surface area contributed by atoms with Crippen LogP contribution in [0.1, 0.15) is 45.7 Å². The Bertz CT molecular complexity index is 684. The Hall–Kier alpha value is -2.62. The Labute approximate surface area is 122 Å². The van der Waals surface area contributed by atoms with Crippen LogP contribution in [-0.4, -0.2) is 22.2 Å². The lowest BCUT2D eigenvalue weighted by atomic mass is 9.76. The fraction of sp³-hybridized carbons (Fsp3) is 0.176. The average molecular weight is 284 g/mol. The molecule has 0 radical (unpaired) electrons. The van der Waals surface area contributed by atoms with Crippen LogP contribution in [0.5, 0.6) is 0 Å². The van der Waals surface area contributed by atoms with E-state index >= 15 is 0 Å². The van der Waals surface area contributed by atoms with E-state index in [1.54, 1.807) is 36.4 Å². The van der Waals surface area contributed by atoms with Crippen molar-refractivity contribution in [2.45, 2.75) is 19.3 Å². The highest BCUT2D eigenvalue weighted by atomic mass is 16.4. The van der Waals surface area contributed by atoms with E-state index in [1.165, 1.54) is 12.1 Å². The predicted octanol–water partition coefficient (Wildman–Crippen LogP) is 3.41. The van der Waals surface area contributed by atoms with Gasteiger partial charge >= 0.3 is 11.9 Å². The summed E-state index contributed by atoms with van der Waals surface area (Å²) >= 11 is 0. The molecule has 0 bridgehead atoms. The Morgan fingerprint density at radius 1 is 0.857 bits per heavy atom. The number of hydrogen-bond acceptors (Lipinski definition) is 2. The molecule has 0 heterocycles. The van der Waals surface area contributed by atoms with E-state index in [0.29, 0.717) is 5.56 Å². The SMILES string of the molecule is CC(C)(c1ccc(C(=O)O)cc1)c1ccccc1C(=O)O. The smallest absolute Gasteiger partial charge is 0.335 e. The molecule has 4 nitrogen and oxygen atoms in total. The second kappa shape index (κ2) is 5.40. The van der Waals surface area contributed by atoms with Crippen molar-refractivity contribution in [1.29, 1.82) is 0 Å². The summed E-state index contributed by atoms with van der Waals surface area (Å²) in [6.07, 6.45) is 0. The summed E-state index contributed by atoms with van der Waals surface area (Å²) in [5.74, 6) is -1.95. The summed E-state index contributed by atoms with van der Waals surface area (Å²) in [5, 5.41) is 18.2. The summed E-state index contributed by atoms with van der Waals surface area (Å²) in [4.78, 5) is 22.3. The first-order chi connectivity index (χ1) is 9.84. The molecular formula is C17H16O4. The first kappa shape index (κ1) is 14.8. The Morgan fingerprint density at radius 2 is 1.43 bits per heavy atom. The van der Waals surface area contributed by atoms with Gasteiger partial charge in [0.2, 0.25) is 0 Å². The normalized spacial score (nSPS) is 11.1. The maximum absolute atomic E-state index is 11.4. The first-order valence-corrected chi connectivity index (χ1v) is 6.50. The molecule has 21 heavy (non-hydrogen) atoms. The summed E-state index contributed by atoms with van der Waals surface area (Å²) < 4.78 is 0. The third kappa shape index (κ3) is 2.79. The second-order valence-corrected chi connectivity index (χ2v) is 5.36. The van der Waals surface area contributed by atoms with Gasteiger partial charge in [0.15, 0.2) is 0 Å². The molecule has 0 unspecified atom stereocenters. The molecule has 4 heteroatoms. The minimum atomic E-state index is -0.981. The summed E-state index contributed by atoms with van der Waals surface area (Å²) in [6.45, 7) is 3.84. The zero-order valence-electron chi connectivity index (χ0n) is 11.8. The van der Waals surface area contributed by atoms with E-state index < -0.39 is 17.4 Å². The monoisotopic (exact) mass is 284 g/mol. The summed E-state index contributed by atoms with van der Waals surface area (Å²) in [7, 11) is 0. The van der Waals surface area contributed by atoms with Crippen LogP contribution in [0.25, 0.3) is 0 Å². The molecule has 108 valence electrons. The lowest BCUT2D eigenvalue weighted by Crippen LogP contribution is -2.22. The molecule has 0 aromatic heterocycles. The third-order valence-electron chi connectivity index (χ3n) is 3.68. The van der Waals surface area contributed by atoms with Gasteiger partial charge in [0.1, 0.15) is 0 Å². The lowest BCUT2D eigenvalue weighted by Gasteiger charge is -2.27. The molecule has 0 aliphatic carbocycles. The minimum absolute atomic E-state index is 0.209. The topological polar surface area (TPSA) is 74.6 Å². The van der Waals surface area contributed by atoms with Gasteiger partial charge in [0, 0.05) is 5.41 Å². The van der Waals surface area contributed by atoms with Crippen LogP contribution in [0.3, 0.4) is 0 Å². The zero-order chi connectivity index (χ0) is 15.6. The number of benzene rings is 2. The van der Waals surface area contributed by atoms with E-state index in [0.717, 1.165) is 5.56 Å². The van der Waals surface area contributed by atoms with Gasteiger partial charge in [-0.3, -0.25) is 0 Å². The van der Waals surface area contributed by atoms with Crippen molar-refractivity contribution in [3.8, 4) is 0 Å². The largest absolute Gasteiger partial charge is 0.478 e. The molecule has 0 aliphatic rings. The van der Waals surface area contributed by atoms with Crippen LogP contribution in [-0.2, 0) is 5.41 Å². The predicted molar refractivity (Wildman–Crippen MR) is 78.9 cm³/mol. The Balaban J connectivity index is 2.51. The second-order valence-electron chi connectivity index (χ2n) is 5.36. The van der Waals surface area contributed by atoms with Crippen LogP contribution in [0.2, 0.25) is 0 Å². The van der Waals surface area contributed by atoms with Crippen LogP contribution in [0, 0.1) is 0 Å². The molecule has 0 spiro atoms. The van der Waals surface area contributed by atoms with Crippen molar-refractivity contribution in [2.75, 3.05) is 0 Å². The van der Waals surface area contributed by atoms with Gasteiger partial charge in [-0.25, -0.2) is 9.59 Å². The van der Waals surface area contributed by atoms with Crippen LogP contribution < -0.4 is 0 Å². The molecule has 2 rings (SSSR count). The molecule has 0 fully saturated rings. The Morgan fingerprint density at radius 3 is 1.95 bits per heavy atom. The number of carboxylic acid groups (broad SMARTS) is 2. The number of aromatic carboxylic acids is 2. The van der Waals surface area contributed by atoms with Crippen LogP contribution >= 0.6 is 0 Å². The third-order valence-corrected chi connectivity index (χ3v) is 3.68. The quantitative estimate of drug-likeness (QED) is 0.902. The fourth-order valence-corrected chi connectivity index (χ4v) is 2.40. The fourth-order valence-electron chi connectivity index (χ4n) is 2.40.